The van der Waals surface area contributed by atoms with Crippen LogP contribution in [0.1, 0.15) is 25.3 Å². The van der Waals surface area contributed by atoms with Gasteiger partial charge in [-0.3, -0.25) is 4.79 Å². The smallest absolute Gasteiger partial charge is 0.326 e. The van der Waals surface area contributed by atoms with Gasteiger partial charge in [-0.15, -0.1) is 0 Å². The van der Waals surface area contributed by atoms with Crippen LogP contribution in [0.3, 0.4) is 0 Å². The molecule has 0 saturated carbocycles. The molecule has 1 N–H and O–H groups in total. The standard InChI is InChI=1S/C15H16FNO3/c1-10(11-5-2-3-6-12(11)16)9-14(18)17-8-4-7-13(17)15(19)20/h2-3,5-6,9,13H,4,7-8H2,1H3,(H,19,20)/b10-9-. The van der Waals surface area contributed by atoms with Crippen LogP contribution in [-0.4, -0.2) is 34.5 Å². The third-order valence-electron chi connectivity index (χ3n) is 3.46. The monoisotopic (exact) mass is 277 g/mol. The summed E-state index contributed by atoms with van der Waals surface area (Å²) in [6.07, 6.45) is 2.45. The number of nitrogens with zero attached hydrogens (tertiary/aromatic N) is 1. The summed E-state index contributed by atoms with van der Waals surface area (Å²) in [7, 11) is 0. The van der Waals surface area contributed by atoms with Crippen LogP contribution in [0.15, 0.2) is 30.3 Å². The number of carbonyl (C=O) groups excluding carboxylic acids is 1. The van der Waals surface area contributed by atoms with E-state index >= 15 is 0 Å². The highest BCUT2D eigenvalue weighted by Gasteiger charge is 2.33. The van der Waals surface area contributed by atoms with Crippen molar-refractivity contribution >= 4 is 17.4 Å². The maximum Gasteiger partial charge on any atom is 0.326 e. The van der Waals surface area contributed by atoms with Gasteiger partial charge in [-0.2, -0.15) is 0 Å². The van der Waals surface area contributed by atoms with Gasteiger partial charge in [0, 0.05) is 18.2 Å². The van der Waals surface area contributed by atoms with Crippen molar-refractivity contribution in [1.82, 2.24) is 4.90 Å². The molecular weight excluding hydrogens is 261 g/mol. The minimum absolute atomic E-state index is 0.354. The second-order valence-corrected chi connectivity index (χ2v) is 4.84. The molecule has 4 nitrogen and oxygen atoms in total. The summed E-state index contributed by atoms with van der Waals surface area (Å²) in [4.78, 5) is 24.5. The van der Waals surface area contributed by atoms with E-state index in [0.717, 1.165) is 0 Å². The Morgan fingerprint density at radius 1 is 1.40 bits per heavy atom. The molecule has 1 unspecified atom stereocenters. The molecule has 1 amide bonds. The number of benzene rings is 1. The number of allylic oxidation sites excluding steroid dienone is 1. The number of halogens is 1. The fraction of sp³-hybridized carbons (Fsp3) is 0.333. The largest absolute Gasteiger partial charge is 0.480 e. The van der Waals surface area contributed by atoms with Crippen molar-refractivity contribution in [2.45, 2.75) is 25.8 Å². The lowest BCUT2D eigenvalue weighted by Crippen LogP contribution is -2.39. The number of carboxylic acids is 1. The zero-order chi connectivity index (χ0) is 14.7. The van der Waals surface area contributed by atoms with Crippen molar-refractivity contribution in [3.05, 3.63) is 41.7 Å². The molecule has 1 fully saturated rings. The fourth-order valence-electron chi connectivity index (χ4n) is 2.41. The molecule has 1 aromatic rings. The first-order valence-electron chi connectivity index (χ1n) is 6.47. The van der Waals surface area contributed by atoms with E-state index in [1.165, 1.54) is 17.0 Å². The van der Waals surface area contributed by atoms with Crippen molar-refractivity contribution in [3.63, 3.8) is 0 Å². The number of carbonyl (C=O) groups is 2. The maximum atomic E-state index is 13.6. The molecule has 0 radical (unpaired) electrons. The number of likely N-dealkylation sites (tertiary alicyclic amines) is 1. The number of hydrogen-bond donors (Lipinski definition) is 1. The Bertz CT molecular complexity index is 568. The van der Waals surface area contributed by atoms with Crippen LogP contribution in [-0.2, 0) is 9.59 Å². The topological polar surface area (TPSA) is 57.6 Å². The normalized spacial score (nSPS) is 19.2. The molecular formula is C15H16FNO3. The van der Waals surface area contributed by atoms with E-state index in [0.29, 0.717) is 30.5 Å². The fourth-order valence-corrected chi connectivity index (χ4v) is 2.41. The van der Waals surface area contributed by atoms with Crippen LogP contribution in [0.2, 0.25) is 0 Å². The highest BCUT2D eigenvalue weighted by molar-refractivity contribution is 5.97. The van der Waals surface area contributed by atoms with Crippen LogP contribution in [0.25, 0.3) is 5.57 Å². The number of hydrogen-bond acceptors (Lipinski definition) is 2. The molecule has 5 heteroatoms. The summed E-state index contributed by atoms with van der Waals surface area (Å²) in [6, 6.07) is 5.41. The van der Waals surface area contributed by atoms with Gasteiger partial charge in [-0.1, -0.05) is 18.2 Å². The van der Waals surface area contributed by atoms with Gasteiger partial charge < -0.3 is 10.0 Å². The van der Waals surface area contributed by atoms with E-state index in [1.807, 2.05) is 0 Å². The first-order chi connectivity index (χ1) is 9.50. The lowest BCUT2D eigenvalue weighted by Gasteiger charge is -2.20. The predicted molar refractivity (Wildman–Crippen MR) is 72.4 cm³/mol. The summed E-state index contributed by atoms with van der Waals surface area (Å²) in [5.74, 6) is -1.77. The van der Waals surface area contributed by atoms with E-state index in [4.69, 9.17) is 5.11 Å². The minimum atomic E-state index is -0.993. The van der Waals surface area contributed by atoms with E-state index < -0.39 is 17.8 Å². The highest BCUT2D eigenvalue weighted by Crippen LogP contribution is 2.21. The van der Waals surface area contributed by atoms with Crippen LogP contribution in [0.4, 0.5) is 4.39 Å². The SMILES string of the molecule is C/C(=C/C(=O)N1CCCC1C(=O)O)c1ccccc1F. The molecule has 1 atom stereocenters. The van der Waals surface area contributed by atoms with E-state index in [2.05, 4.69) is 0 Å². The Balaban J connectivity index is 2.20. The van der Waals surface area contributed by atoms with Crippen molar-refractivity contribution in [3.8, 4) is 0 Å². The Morgan fingerprint density at radius 3 is 2.75 bits per heavy atom. The zero-order valence-corrected chi connectivity index (χ0v) is 11.2. The third kappa shape index (κ3) is 2.87. The Kier molecular flexibility index (Phi) is 4.17. The van der Waals surface area contributed by atoms with Gasteiger partial charge in [-0.25, -0.2) is 9.18 Å². The molecule has 0 aromatic heterocycles. The molecule has 2 rings (SSSR count). The second kappa shape index (κ2) is 5.86. The molecule has 106 valence electrons. The molecule has 1 saturated heterocycles. The van der Waals surface area contributed by atoms with Gasteiger partial charge in [0.15, 0.2) is 0 Å². The summed E-state index contributed by atoms with van der Waals surface area (Å²) in [5.41, 5.74) is 0.844. The van der Waals surface area contributed by atoms with Crippen molar-refractivity contribution < 1.29 is 19.1 Å². The van der Waals surface area contributed by atoms with E-state index in [-0.39, 0.29) is 5.91 Å². The van der Waals surface area contributed by atoms with Crippen LogP contribution >= 0.6 is 0 Å². The van der Waals surface area contributed by atoms with Gasteiger partial charge >= 0.3 is 5.97 Å². The molecule has 0 aliphatic carbocycles. The second-order valence-electron chi connectivity index (χ2n) is 4.84. The summed E-state index contributed by atoms with van der Waals surface area (Å²) < 4.78 is 13.6. The van der Waals surface area contributed by atoms with E-state index in [1.54, 1.807) is 25.1 Å². The number of rotatable bonds is 3. The van der Waals surface area contributed by atoms with Crippen molar-refractivity contribution in [2.75, 3.05) is 6.54 Å². The lowest BCUT2D eigenvalue weighted by molar-refractivity contribution is -0.146. The molecule has 0 bridgehead atoms. The van der Waals surface area contributed by atoms with Crippen LogP contribution < -0.4 is 0 Å². The Labute approximate surface area is 116 Å². The first kappa shape index (κ1) is 14.2. The Morgan fingerprint density at radius 2 is 2.10 bits per heavy atom. The number of aliphatic carboxylic acids is 1. The minimum Gasteiger partial charge on any atom is -0.480 e. The summed E-state index contributed by atoms with van der Waals surface area (Å²) in [6.45, 7) is 2.07. The van der Waals surface area contributed by atoms with Gasteiger partial charge in [0.1, 0.15) is 11.9 Å². The average molecular weight is 277 g/mol. The average Bonchev–Trinajstić information content (AvgIpc) is 2.88. The molecule has 0 spiro atoms. The lowest BCUT2D eigenvalue weighted by atomic mass is 10.1. The number of amides is 1. The van der Waals surface area contributed by atoms with Crippen molar-refractivity contribution in [2.24, 2.45) is 0 Å². The summed E-state index contributed by atoms with van der Waals surface area (Å²) in [5, 5.41) is 9.05. The molecule has 1 aromatic carbocycles. The van der Waals surface area contributed by atoms with Gasteiger partial charge in [0.05, 0.1) is 0 Å². The summed E-state index contributed by atoms with van der Waals surface area (Å²) >= 11 is 0. The molecule has 1 heterocycles. The first-order valence-corrected chi connectivity index (χ1v) is 6.47. The van der Waals surface area contributed by atoms with Gasteiger partial charge in [0.2, 0.25) is 5.91 Å². The quantitative estimate of drug-likeness (QED) is 0.862. The van der Waals surface area contributed by atoms with Crippen molar-refractivity contribution in [1.29, 1.82) is 0 Å². The molecule has 1 aliphatic rings. The van der Waals surface area contributed by atoms with E-state index in [9.17, 15) is 14.0 Å². The third-order valence-corrected chi connectivity index (χ3v) is 3.46. The van der Waals surface area contributed by atoms with Crippen LogP contribution in [0.5, 0.6) is 0 Å². The van der Waals surface area contributed by atoms with Crippen LogP contribution in [0, 0.1) is 5.82 Å². The zero-order valence-electron chi connectivity index (χ0n) is 11.2. The maximum absolute atomic E-state index is 13.6. The van der Waals surface area contributed by atoms with Gasteiger partial charge in [0.25, 0.3) is 0 Å². The highest BCUT2D eigenvalue weighted by atomic mass is 19.1. The predicted octanol–water partition coefficient (Wildman–Crippen LogP) is 2.30. The molecule has 1 aliphatic heterocycles. The van der Waals surface area contributed by atoms with Gasteiger partial charge in [-0.05, 0) is 31.4 Å². The number of carboxylic acid groups (broad SMARTS) is 1. The molecule has 20 heavy (non-hydrogen) atoms. The Hall–Kier alpha value is -2.17.